The summed E-state index contributed by atoms with van der Waals surface area (Å²) in [6.07, 6.45) is 16.7. The summed E-state index contributed by atoms with van der Waals surface area (Å²) < 4.78 is 1.67. The minimum Gasteiger partial charge on any atom is -0.0845 e. The van der Waals surface area contributed by atoms with Gasteiger partial charge < -0.3 is 0 Å². The summed E-state index contributed by atoms with van der Waals surface area (Å²) in [6.45, 7) is 5.17. The van der Waals surface area contributed by atoms with Crippen LogP contribution in [0.25, 0.3) is 0 Å². The highest BCUT2D eigenvalue weighted by atomic mass is 127. The van der Waals surface area contributed by atoms with Crippen molar-refractivity contribution in [3.8, 4) is 0 Å². The quantitative estimate of drug-likeness (QED) is 0.342. The molecule has 2 saturated carbocycles. The number of halogens is 1. The van der Waals surface area contributed by atoms with Gasteiger partial charge in [-0.1, -0.05) is 38.0 Å². The predicted octanol–water partition coefficient (Wildman–Crippen LogP) is 6.27. The second-order valence-corrected chi connectivity index (χ2v) is 9.37. The van der Waals surface area contributed by atoms with Crippen LogP contribution in [0.5, 0.6) is 0 Å². The van der Waals surface area contributed by atoms with E-state index in [2.05, 4.69) is 48.6 Å². The van der Waals surface area contributed by atoms with E-state index >= 15 is 0 Å². The number of rotatable bonds is 0. The minimum absolute atomic E-state index is 0.526. The van der Waals surface area contributed by atoms with E-state index in [9.17, 15) is 0 Å². The van der Waals surface area contributed by atoms with Crippen LogP contribution in [0, 0.1) is 28.6 Å². The molecule has 5 atom stereocenters. The van der Waals surface area contributed by atoms with Crippen LogP contribution in [0.15, 0.2) is 21.3 Å². The molecule has 0 bridgehead atoms. The van der Waals surface area contributed by atoms with Crippen LogP contribution in [0.1, 0.15) is 65.2 Å². The van der Waals surface area contributed by atoms with E-state index in [1.54, 1.807) is 3.58 Å². The average molecular weight is 382 g/mol. The number of fused-ring (bicyclic) bond motifs is 5. The van der Waals surface area contributed by atoms with Gasteiger partial charge in [-0.2, -0.15) is 0 Å². The summed E-state index contributed by atoms with van der Waals surface area (Å²) in [6, 6.07) is 0. The normalized spacial score (nSPS) is 50.6. The molecule has 1 heteroatoms. The molecule has 4 aliphatic rings. The Morgan fingerprint density at radius 2 is 1.85 bits per heavy atom. The van der Waals surface area contributed by atoms with E-state index in [1.165, 1.54) is 51.4 Å². The number of hydrogen-bond acceptors (Lipinski definition) is 0. The predicted molar refractivity (Wildman–Crippen MR) is 93.8 cm³/mol. The summed E-state index contributed by atoms with van der Waals surface area (Å²) >= 11 is 2.63. The lowest BCUT2D eigenvalue weighted by atomic mass is 9.48. The lowest BCUT2D eigenvalue weighted by Gasteiger charge is -2.57. The van der Waals surface area contributed by atoms with Crippen LogP contribution >= 0.6 is 22.6 Å². The molecule has 0 aliphatic heterocycles. The van der Waals surface area contributed by atoms with Crippen LogP contribution < -0.4 is 0 Å². The first-order valence-electron chi connectivity index (χ1n) is 8.61. The molecule has 0 nitrogen and oxygen atoms in total. The van der Waals surface area contributed by atoms with Crippen molar-refractivity contribution < 1.29 is 0 Å². The van der Waals surface area contributed by atoms with Gasteiger partial charge >= 0.3 is 0 Å². The maximum atomic E-state index is 2.68. The maximum Gasteiger partial charge on any atom is 0.00136 e. The molecule has 4 rings (SSSR count). The van der Waals surface area contributed by atoms with Crippen molar-refractivity contribution in [1.29, 1.82) is 0 Å². The van der Waals surface area contributed by atoms with Crippen molar-refractivity contribution in [3.63, 3.8) is 0 Å². The molecule has 0 amide bonds. The van der Waals surface area contributed by atoms with Crippen molar-refractivity contribution in [2.45, 2.75) is 65.2 Å². The molecule has 0 aromatic carbocycles. The third-order valence-corrected chi connectivity index (χ3v) is 9.18. The average Bonchev–Trinajstić information content (AvgIpc) is 2.74. The Hall–Kier alpha value is 0.210. The Kier molecular flexibility index (Phi) is 3.18. The molecule has 4 aliphatic carbocycles. The number of allylic oxidation sites excluding steroid dienone is 4. The topological polar surface area (TPSA) is 0 Å². The van der Waals surface area contributed by atoms with Crippen molar-refractivity contribution in [1.82, 2.24) is 0 Å². The van der Waals surface area contributed by atoms with Gasteiger partial charge in [-0.05, 0) is 94.3 Å². The molecule has 0 radical (unpaired) electrons. The number of hydrogen-bond donors (Lipinski definition) is 0. The molecule has 0 aromatic rings. The standard InChI is InChI=1S/C19H27I/c1-18-11-4-3-5-13(18)6-7-14-15-8-9-17(20)19(15,2)12-10-16(14)18/h6,9,14-16H,3-5,7-8,10-12H2,1-2H3. The first-order valence-corrected chi connectivity index (χ1v) is 9.69. The second-order valence-electron chi connectivity index (χ2n) is 8.21. The molecule has 0 saturated heterocycles. The zero-order chi connectivity index (χ0) is 14.0. The third kappa shape index (κ3) is 1.71. The third-order valence-electron chi connectivity index (χ3n) is 7.50. The van der Waals surface area contributed by atoms with Crippen LogP contribution in [-0.4, -0.2) is 0 Å². The molecule has 0 aromatic heterocycles. The van der Waals surface area contributed by atoms with Gasteiger partial charge in [0.1, 0.15) is 0 Å². The second kappa shape index (κ2) is 4.60. The fourth-order valence-electron chi connectivity index (χ4n) is 6.21. The Balaban J connectivity index is 1.70. The summed E-state index contributed by atoms with van der Waals surface area (Å²) in [5, 5.41) is 0. The van der Waals surface area contributed by atoms with Gasteiger partial charge in [0.15, 0.2) is 0 Å². The molecule has 0 heterocycles. The zero-order valence-electron chi connectivity index (χ0n) is 12.9. The summed E-state index contributed by atoms with van der Waals surface area (Å²) in [7, 11) is 0. The molecule has 110 valence electrons. The summed E-state index contributed by atoms with van der Waals surface area (Å²) in [5.41, 5.74) is 2.93. The van der Waals surface area contributed by atoms with Crippen molar-refractivity contribution in [2.24, 2.45) is 28.6 Å². The fourth-order valence-corrected chi connectivity index (χ4v) is 7.14. The van der Waals surface area contributed by atoms with Gasteiger partial charge in [0, 0.05) is 5.41 Å². The minimum atomic E-state index is 0.526. The molecular weight excluding hydrogens is 355 g/mol. The zero-order valence-corrected chi connectivity index (χ0v) is 15.1. The van der Waals surface area contributed by atoms with Gasteiger partial charge in [-0.15, -0.1) is 0 Å². The van der Waals surface area contributed by atoms with Crippen LogP contribution in [0.4, 0.5) is 0 Å². The Morgan fingerprint density at radius 3 is 2.70 bits per heavy atom. The van der Waals surface area contributed by atoms with Crippen LogP contribution in [0.2, 0.25) is 0 Å². The highest BCUT2D eigenvalue weighted by molar-refractivity contribution is 14.1. The van der Waals surface area contributed by atoms with E-state index in [1.807, 2.05) is 5.57 Å². The Labute approximate surface area is 137 Å². The van der Waals surface area contributed by atoms with E-state index < -0.39 is 0 Å². The van der Waals surface area contributed by atoms with Gasteiger partial charge in [0.25, 0.3) is 0 Å². The largest absolute Gasteiger partial charge is 0.0845 e. The van der Waals surface area contributed by atoms with Crippen molar-refractivity contribution >= 4 is 22.6 Å². The SMILES string of the molecule is CC12CCC3C(CC=C4CCCCC43C)C1CC=C2I. The first-order chi connectivity index (χ1) is 9.56. The smallest absolute Gasteiger partial charge is 0.00136 e. The molecule has 20 heavy (non-hydrogen) atoms. The van der Waals surface area contributed by atoms with E-state index in [0.29, 0.717) is 10.8 Å². The van der Waals surface area contributed by atoms with E-state index in [0.717, 1.165) is 17.8 Å². The molecular formula is C19H27I. The van der Waals surface area contributed by atoms with Gasteiger partial charge in [0.2, 0.25) is 0 Å². The maximum absolute atomic E-state index is 2.68. The molecule has 5 unspecified atom stereocenters. The Bertz CT molecular complexity index is 488. The lowest BCUT2D eigenvalue weighted by Crippen LogP contribution is -2.48. The highest BCUT2D eigenvalue weighted by Crippen LogP contribution is 2.65. The monoisotopic (exact) mass is 382 g/mol. The molecule has 0 spiro atoms. The van der Waals surface area contributed by atoms with Crippen LogP contribution in [0.3, 0.4) is 0 Å². The summed E-state index contributed by atoms with van der Waals surface area (Å²) in [4.78, 5) is 0. The van der Waals surface area contributed by atoms with E-state index in [4.69, 9.17) is 0 Å². The molecule has 2 fully saturated rings. The first kappa shape index (κ1) is 13.8. The van der Waals surface area contributed by atoms with E-state index in [-0.39, 0.29) is 0 Å². The fraction of sp³-hybridized carbons (Fsp3) is 0.789. The van der Waals surface area contributed by atoms with Gasteiger partial charge in [-0.3, -0.25) is 0 Å². The van der Waals surface area contributed by atoms with Gasteiger partial charge in [0.05, 0.1) is 0 Å². The van der Waals surface area contributed by atoms with Crippen molar-refractivity contribution in [2.75, 3.05) is 0 Å². The summed E-state index contributed by atoms with van der Waals surface area (Å²) in [5.74, 6) is 2.88. The lowest BCUT2D eigenvalue weighted by molar-refractivity contribution is -0.0135. The Morgan fingerprint density at radius 1 is 1.00 bits per heavy atom. The van der Waals surface area contributed by atoms with Crippen molar-refractivity contribution in [3.05, 3.63) is 21.3 Å². The van der Waals surface area contributed by atoms with Gasteiger partial charge in [-0.25, -0.2) is 0 Å². The van der Waals surface area contributed by atoms with Crippen LogP contribution in [-0.2, 0) is 0 Å². The molecule has 0 N–H and O–H groups in total. The highest BCUT2D eigenvalue weighted by Gasteiger charge is 2.55.